The minimum absolute atomic E-state index is 0.203. The Hall–Kier alpha value is -2.15. The van der Waals surface area contributed by atoms with Crippen LogP contribution >= 0.6 is 0 Å². The highest BCUT2D eigenvalue weighted by Gasteiger charge is 2.03. The second-order valence-electron chi connectivity index (χ2n) is 4.72. The third-order valence-corrected chi connectivity index (χ3v) is 3.26. The third-order valence-electron chi connectivity index (χ3n) is 3.26. The van der Waals surface area contributed by atoms with Crippen molar-refractivity contribution in [3.63, 3.8) is 0 Å². The predicted octanol–water partition coefficient (Wildman–Crippen LogP) is 4.12. The molecule has 0 saturated heterocycles. The van der Waals surface area contributed by atoms with Gasteiger partial charge in [-0.1, -0.05) is 54.6 Å². The first kappa shape index (κ1) is 11.0. The van der Waals surface area contributed by atoms with Gasteiger partial charge in [-0.15, -0.1) is 0 Å². The summed E-state index contributed by atoms with van der Waals surface area (Å²) in [5, 5.41) is 4.94. The molecule has 3 rings (SSSR count). The van der Waals surface area contributed by atoms with Gasteiger partial charge in [0.2, 0.25) is 0 Å². The second kappa shape index (κ2) is 4.26. The average molecular weight is 234 g/mol. The summed E-state index contributed by atoms with van der Waals surface area (Å²) in [6, 6.07) is 18.9. The molecule has 0 amide bonds. The molecule has 1 nitrogen and oxygen atoms in total. The molecule has 0 aromatic heterocycles. The first-order chi connectivity index (χ1) is 8.74. The molecular formula is C17H14O. The van der Waals surface area contributed by atoms with E-state index in [1.807, 2.05) is 12.1 Å². The summed E-state index contributed by atoms with van der Waals surface area (Å²) in [4.78, 5) is 11.2. The Morgan fingerprint density at radius 1 is 0.889 bits per heavy atom. The second-order valence-corrected chi connectivity index (χ2v) is 4.72. The highest BCUT2D eigenvalue weighted by atomic mass is 16.1. The molecule has 0 aliphatic rings. The van der Waals surface area contributed by atoms with E-state index < -0.39 is 0 Å². The molecule has 0 spiro atoms. The largest absolute Gasteiger partial charge is 0.300 e. The lowest BCUT2D eigenvalue weighted by atomic mass is 9.98. The summed E-state index contributed by atoms with van der Waals surface area (Å²) in [5.41, 5.74) is 1.09. The molecule has 3 aromatic carbocycles. The topological polar surface area (TPSA) is 17.1 Å². The van der Waals surface area contributed by atoms with E-state index >= 15 is 0 Å². The summed E-state index contributed by atoms with van der Waals surface area (Å²) in [7, 11) is 0. The number of benzene rings is 3. The van der Waals surface area contributed by atoms with E-state index in [-0.39, 0.29) is 5.78 Å². The van der Waals surface area contributed by atoms with Gasteiger partial charge in [0.25, 0.3) is 0 Å². The molecule has 0 bridgehead atoms. The van der Waals surface area contributed by atoms with Gasteiger partial charge in [-0.2, -0.15) is 0 Å². The van der Waals surface area contributed by atoms with Crippen molar-refractivity contribution in [2.24, 2.45) is 0 Å². The van der Waals surface area contributed by atoms with Crippen molar-refractivity contribution in [3.8, 4) is 0 Å². The number of hydrogen-bond acceptors (Lipinski definition) is 1. The van der Waals surface area contributed by atoms with Crippen molar-refractivity contribution in [3.05, 3.63) is 60.2 Å². The van der Waals surface area contributed by atoms with Crippen molar-refractivity contribution in [1.29, 1.82) is 0 Å². The Balaban J connectivity index is 2.29. The van der Waals surface area contributed by atoms with Crippen LogP contribution in [0.5, 0.6) is 0 Å². The highest BCUT2D eigenvalue weighted by molar-refractivity contribution is 6.07. The Morgan fingerprint density at radius 2 is 1.56 bits per heavy atom. The molecule has 0 N–H and O–H groups in total. The van der Waals surface area contributed by atoms with Crippen molar-refractivity contribution < 1.29 is 4.79 Å². The van der Waals surface area contributed by atoms with Crippen molar-refractivity contribution >= 4 is 27.3 Å². The molecule has 0 fully saturated rings. The molecule has 0 aliphatic heterocycles. The van der Waals surface area contributed by atoms with Crippen molar-refractivity contribution in [2.45, 2.75) is 13.3 Å². The number of carbonyl (C=O) groups is 1. The lowest BCUT2D eigenvalue weighted by molar-refractivity contribution is -0.116. The Kier molecular flexibility index (Phi) is 2.60. The van der Waals surface area contributed by atoms with Gasteiger partial charge in [-0.05, 0) is 34.0 Å². The van der Waals surface area contributed by atoms with Crippen LogP contribution in [0.2, 0.25) is 0 Å². The fraction of sp³-hybridized carbons (Fsp3) is 0.118. The molecule has 88 valence electrons. The van der Waals surface area contributed by atoms with E-state index in [1.54, 1.807) is 6.92 Å². The fourth-order valence-electron chi connectivity index (χ4n) is 2.45. The monoisotopic (exact) mass is 234 g/mol. The molecule has 0 atom stereocenters. The molecular weight excluding hydrogens is 220 g/mol. The minimum Gasteiger partial charge on any atom is -0.300 e. The quantitative estimate of drug-likeness (QED) is 0.609. The zero-order valence-corrected chi connectivity index (χ0v) is 10.3. The Labute approximate surface area is 106 Å². The fourth-order valence-corrected chi connectivity index (χ4v) is 2.45. The molecule has 0 saturated carbocycles. The van der Waals surface area contributed by atoms with Crippen LogP contribution in [0, 0.1) is 0 Å². The van der Waals surface area contributed by atoms with Crippen LogP contribution < -0.4 is 0 Å². The van der Waals surface area contributed by atoms with E-state index in [2.05, 4.69) is 42.5 Å². The highest BCUT2D eigenvalue weighted by Crippen LogP contribution is 2.26. The SMILES string of the molecule is CC(=O)Cc1ccc2ccc3ccccc3c2c1. The van der Waals surface area contributed by atoms with E-state index in [0.717, 1.165) is 5.56 Å². The minimum atomic E-state index is 0.203. The zero-order chi connectivity index (χ0) is 12.5. The van der Waals surface area contributed by atoms with Crippen LogP contribution in [0.3, 0.4) is 0 Å². The number of fused-ring (bicyclic) bond motifs is 3. The van der Waals surface area contributed by atoms with Crippen molar-refractivity contribution in [1.82, 2.24) is 0 Å². The molecule has 1 heteroatoms. The average Bonchev–Trinajstić information content (AvgIpc) is 2.38. The summed E-state index contributed by atoms with van der Waals surface area (Å²) in [6.45, 7) is 1.63. The Bertz CT molecular complexity index is 741. The van der Waals surface area contributed by atoms with Crippen molar-refractivity contribution in [2.75, 3.05) is 0 Å². The van der Waals surface area contributed by atoms with Crippen LogP contribution in [0.1, 0.15) is 12.5 Å². The normalized spacial score (nSPS) is 10.9. The van der Waals surface area contributed by atoms with Crippen LogP contribution in [-0.2, 0) is 11.2 Å². The summed E-state index contributed by atoms with van der Waals surface area (Å²) in [6.07, 6.45) is 0.513. The van der Waals surface area contributed by atoms with E-state index in [0.29, 0.717) is 6.42 Å². The van der Waals surface area contributed by atoms with Gasteiger partial charge in [0.1, 0.15) is 5.78 Å². The molecule has 0 unspecified atom stereocenters. The summed E-state index contributed by atoms with van der Waals surface area (Å²) < 4.78 is 0. The van der Waals surface area contributed by atoms with Gasteiger partial charge < -0.3 is 0 Å². The number of ketones is 1. The van der Waals surface area contributed by atoms with E-state index in [4.69, 9.17) is 0 Å². The first-order valence-corrected chi connectivity index (χ1v) is 6.14. The van der Waals surface area contributed by atoms with Gasteiger partial charge in [-0.25, -0.2) is 0 Å². The maximum atomic E-state index is 11.2. The standard InChI is InChI=1S/C17H14O/c1-12(18)10-13-6-7-15-9-8-14-4-2-3-5-16(14)17(15)11-13/h2-9,11H,10H2,1H3. The number of Topliss-reactive ketones (excluding diaryl/α,β-unsaturated/α-hetero) is 1. The molecule has 0 heterocycles. The summed E-state index contributed by atoms with van der Waals surface area (Å²) in [5.74, 6) is 0.203. The molecule has 0 radical (unpaired) electrons. The first-order valence-electron chi connectivity index (χ1n) is 6.14. The predicted molar refractivity (Wildman–Crippen MR) is 75.8 cm³/mol. The third kappa shape index (κ3) is 1.88. The van der Waals surface area contributed by atoms with Gasteiger partial charge >= 0.3 is 0 Å². The number of hydrogen-bond donors (Lipinski definition) is 0. The maximum Gasteiger partial charge on any atom is 0.134 e. The van der Waals surface area contributed by atoms with Gasteiger partial charge in [-0.3, -0.25) is 4.79 Å². The smallest absolute Gasteiger partial charge is 0.134 e. The molecule has 3 aromatic rings. The van der Waals surface area contributed by atoms with Crippen LogP contribution in [-0.4, -0.2) is 5.78 Å². The van der Waals surface area contributed by atoms with Crippen LogP contribution in [0.25, 0.3) is 21.5 Å². The maximum absolute atomic E-state index is 11.2. The van der Waals surface area contributed by atoms with Gasteiger partial charge in [0.05, 0.1) is 0 Å². The Morgan fingerprint density at radius 3 is 2.33 bits per heavy atom. The lowest BCUT2D eigenvalue weighted by Gasteiger charge is -2.06. The zero-order valence-electron chi connectivity index (χ0n) is 10.3. The summed E-state index contributed by atoms with van der Waals surface area (Å²) >= 11 is 0. The number of rotatable bonds is 2. The van der Waals surface area contributed by atoms with E-state index in [1.165, 1.54) is 21.5 Å². The van der Waals surface area contributed by atoms with Gasteiger partial charge in [0.15, 0.2) is 0 Å². The van der Waals surface area contributed by atoms with Crippen LogP contribution in [0.4, 0.5) is 0 Å². The molecule has 0 aliphatic carbocycles. The van der Waals surface area contributed by atoms with Gasteiger partial charge in [0, 0.05) is 6.42 Å². The lowest BCUT2D eigenvalue weighted by Crippen LogP contribution is -1.95. The number of carbonyl (C=O) groups excluding carboxylic acids is 1. The van der Waals surface area contributed by atoms with Crippen LogP contribution in [0.15, 0.2) is 54.6 Å². The molecule has 18 heavy (non-hydrogen) atoms. The van der Waals surface area contributed by atoms with E-state index in [9.17, 15) is 4.79 Å².